The van der Waals surface area contributed by atoms with Gasteiger partial charge in [0.1, 0.15) is 5.82 Å². The number of nitrogens with zero attached hydrogens (tertiary/aromatic N) is 2. The number of carbonyl (C=O) groups excluding carboxylic acids is 1. The smallest absolute Gasteiger partial charge is 0.248 e. The van der Waals surface area contributed by atoms with E-state index in [4.69, 9.17) is 5.73 Å². The minimum Gasteiger partial charge on any atom is -0.396 e. The van der Waals surface area contributed by atoms with Crippen LogP contribution >= 0.6 is 0 Å². The lowest BCUT2D eigenvalue weighted by atomic mass is 9.86. The number of rotatable bonds is 4. The van der Waals surface area contributed by atoms with E-state index >= 15 is 0 Å². The van der Waals surface area contributed by atoms with Crippen molar-refractivity contribution in [2.45, 2.75) is 31.7 Å². The first kappa shape index (κ1) is 14.8. The van der Waals surface area contributed by atoms with Crippen molar-refractivity contribution in [3.8, 4) is 11.4 Å². The van der Waals surface area contributed by atoms with Gasteiger partial charge in [-0.25, -0.2) is 4.98 Å². The molecule has 22 heavy (non-hydrogen) atoms. The molecule has 1 aromatic heterocycles. The Balaban J connectivity index is 1.86. The summed E-state index contributed by atoms with van der Waals surface area (Å²) in [4.78, 5) is 15.6. The quantitative estimate of drug-likeness (QED) is 0.909. The molecule has 0 saturated heterocycles. The Hall–Kier alpha value is -2.14. The van der Waals surface area contributed by atoms with Crippen molar-refractivity contribution in [2.75, 3.05) is 6.61 Å². The van der Waals surface area contributed by atoms with Crippen LogP contribution in [0.5, 0.6) is 0 Å². The highest BCUT2D eigenvalue weighted by Crippen LogP contribution is 2.34. The van der Waals surface area contributed by atoms with E-state index in [0.29, 0.717) is 17.5 Å². The largest absolute Gasteiger partial charge is 0.396 e. The molecule has 1 aromatic carbocycles. The van der Waals surface area contributed by atoms with Crippen LogP contribution in [0, 0.1) is 5.92 Å². The van der Waals surface area contributed by atoms with Gasteiger partial charge < -0.3 is 15.4 Å². The molecule has 1 saturated carbocycles. The third-order valence-electron chi connectivity index (χ3n) is 4.50. The molecule has 0 bridgehead atoms. The zero-order valence-corrected chi connectivity index (χ0v) is 12.5. The number of hydrogen-bond donors (Lipinski definition) is 2. The Labute approximate surface area is 129 Å². The minimum atomic E-state index is -0.423. The third kappa shape index (κ3) is 2.90. The molecule has 1 heterocycles. The van der Waals surface area contributed by atoms with E-state index in [1.165, 1.54) is 0 Å². The van der Waals surface area contributed by atoms with Crippen molar-refractivity contribution < 1.29 is 9.90 Å². The van der Waals surface area contributed by atoms with Gasteiger partial charge in [0.2, 0.25) is 5.91 Å². The summed E-state index contributed by atoms with van der Waals surface area (Å²) in [7, 11) is 0. The maximum Gasteiger partial charge on any atom is 0.248 e. The molecule has 116 valence electrons. The van der Waals surface area contributed by atoms with E-state index < -0.39 is 5.91 Å². The first-order valence-electron chi connectivity index (χ1n) is 7.73. The van der Waals surface area contributed by atoms with Gasteiger partial charge in [0.05, 0.1) is 0 Å². The molecule has 1 aliphatic carbocycles. The molecule has 2 atom stereocenters. The van der Waals surface area contributed by atoms with E-state index in [9.17, 15) is 9.90 Å². The molecule has 2 aromatic rings. The zero-order valence-electron chi connectivity index (χ0n) is 12.5. The molecule has 0 spiro atoms. The Morgan fingerprint density at radius 1 is 1.32 bits per heavy atom. The zero-order chi connectivity index (χ0) is 15.5. The number of imidazole rings is 1. The van der Waals surface area contributed by atoms with Gasteiger partial charge in [0.25, 0.3) is 0 Å². The van der Waals surface area contributed by atoms with E-state index in [0.717, 1.165) is 37.1 Å². The fourth-order valence-corrected chi connectivity index (χ4v) is 3.30. The normalized spacial score (nSPS) is 21.7. The monoisotopic (exact) mass is 299 g/mol. The summed E-state index contributed by atoms with van der Waals surface area (Å²) in [6, 6.07) is 7.60. The van der Waals surface area contributed by atoms with Crippen LogP contribution in [0.2, 0.25) is 0 Å². The molecule has 3 N–H and O–H groups in total. The number of aromatic nitrogens is 2. The third-order valence-corrected chi connectivity index (χ3v) is 4.50. The first-order valence-corrected chi connectivity index (χ1v) is 7.73. The SMILES string of the molecule is NC(=O)c1ccc(-c2nccn2[C@@H]2CCC[C@@H](CO)C2)cc1. The van der Waals surface area contributed by atoms with Crippen LogP contribution in [0.25, 0.3) is 11.4 Å². The second-order valence-corrected chi connectivity index (χ2v) is 5.97. The lowest BCUT2D eigenvalue weighted by Crippen LogP contribution is -2.21. The van der Waals surface area contributed by atoms with Crippen molar-refractivity contribution in [3.63, 3.8) is 0 Å². The first-order chi connectivity index (χ1) is 10.7. The van der Waals surface area contributed by atoms with Crippen LogP contribution in [0.15, 0.2) is 36.7 Å². The van der Waals surface area contributed by atoms with E-state index in [2.05, 4.69) is 9.55 Å². The topological polar surface area (TPSA) is 81.1 Å². The van der Waals surface area contributed by atoms with Crippen molar-refractivity contribution in [1.29, 1.82) is 0 Å². The standard InChI is InChI=1S/C17H21N3O2/c18-16(22)13-4-6-14(7-5-13)17-19-8-9-20(17)15-3-1-2-12(10-15)11-21/h4-9,12,15,21H,1-3,10-11H2,(H2,18,22)/t12-,15-/m1/s1. The van der Waals surface area contributed by atoms with Gasteiger partial charge in [-0.3, -0.25) is 4.79 Å². The Morgan fingerprint density at radius 2 is 2.09 bits per heavy atom. The van der Waals surface area contributed by atoms with Crippen molar-refractivity contribution in [1.82, 2.24) is 9.55 Å². The number of primary amides is 1. The van der Waals surface area contributed by atoms with E-state index in [-0.39, 0.29) is 6.61 Å². The summed E-state index contributed by atoms with van der Waals surface area (Å²) in [6.07, 6.45) is 8.14. The van der Waals surface area contributed by atoms with Gasteiger partial charge >= 0.3 is 0 Å². The lowest BCUT2D eigenvalue weighted by Gasteiger charge is -2.30. The maximum atomic E-state index is 11.2. The summed E-state index contributed by atoms with van der Waals surface area (Å²) in [6.45, 7) is 0.258. The molecule has 5 heteroatoms. The highest BCUT2D eigenvalue weighted by Gasteiger charge is 2.24. The molecule has 5 nitrogen and oxygen atoms in total. The summed E-state index contributed by atoms with van der Waals surface area (Å²) in [5.74, 6) is 0.860. The number of benzene rings is 1. The lowest BCUT2D eigenvalue weighted by molar-refractivity contribution is 0.100. The molecule has 3 rings (SSSR count). The number of carbonyl (C=O) groups is 1. The number of aliphatic hydroxyl groups is 1. The van der Waals surface area contributed by atoms with Gasteiger partial charge in [-0.1, -0.05) is 18.6 Å². The van der Waals surface area contributed by atoms with E-state index in [1.54, 1.807) is 18.3 Å². The van der Waals surface area contributed by atoms with Crippen LogP contribution in [0.4, 0.5) is 0 Å². The van der Waals surface area contributed by atoms with Crippen molar-refractivity contribution in [3.05, 3.63) is 42.2 Å². The predicted octanol–water partition coefficient (Wildman–Crippen LogP) is 2.37. The molecular formula is C17H21N3O2. The average molecular weight is 299 g/mol. The predicted molar refractivity (Wildman–Crippen MR) is 84.3 cm³/mol. The maximum absolute atomic E-state index is 11.2. The molecule has 0 radical (unpaired) electrons. The van der Waals surface area contributed by atoms with Crippen molar-refractivity contribution in [2.24, 2.45) is 11.7 Å². The van der Waals surface area contributed by atoms with Crippen LogP contribution in [-0.2, 0) is 0 Å². The van der Waals surface area contributed by atoms with Crippen LogP contribution in [0.1, 0.15) is 42.1 Å². The average Bonchev–Trinajstić information content (AvgIpc) is 3.04. The van der Waals surface area contributed by atoms with Gasteiger partial charge in [0, 0.05) is 36.2 Å². The fourth-order valence-electron chi connectivity index (χ4n) is 3.30. The summed E-state index contributed by atoms with van der Waals surface area (Å²) >= 11 is 0. The molecule has 0 unspecified atom stereocenters. The molecule has 1 amide bonds. The number of hydrogen-bond acceptors (Lipinski definition) is 3. The second-order valence-electron chi connectivity index (χ2n) is 5.97. The highest BCUT2D eigenvalue weighted by molar-refractivity contribution is 5.93. The molecular weight excluding hydrogens is 278 g/mol. The van der Waals surface area contributed by atoms with E-state index in [1.807, 2.05) is 18.3 Å². The van der Waals surface area contributed by atoms with Gasteiger partial charge in [-0.15, -0.1) is 0 Å². The number of nitrogens with two attached hydrogens (primary N) is 1. The van der Waals surface area contributed by atoms with Gasteiger partial charge in [-0.2, -0.15) is 0 Å². The second kappa shape index (κ2) is 6.32. The van der Waals surface area contributed by atoms with Crippen molar-refractivity contribution >= 4 is 5.91 Å². The number of amides is 1. The molecule has 1 fully saturated rings. The highest BCUT2D eigenvalue weighted by atomic mass is 16.3. The minimum absolute atomic E-state index is 0.258. The summed E-state index contributed by atoms with van der Waals surface area (Å²) < 4.78 is 2.20. The summed E-state index contributed by atoms with van der Waals surface area (Å²) in [5, 5.41) is 9.41. The Bertz CT molecular complexity index is 648. The summed E-state index contributed by atoms with van der Waals surface area (Å²) in [5.41, 5.74) is 6.75. The van der Waals surface area contributed by atoms with Crippen LogP contribution in [-0.4, -0.2) is 27.2 Å². The molecule has 1 aliphatic rings. The van der Waals surface area contributed by atoms with Crippen LogP contribution < -0.4 is 5.73 Å². The number of aliphatic hydroxyl groups excluding tert-OH is 1. The Morgan fingerprint density at radius 3 is 2.77 bits per heavy atom. The van der Waals surface area contributed by atoms with Crippen LogP contribution in [0.3, 0.4) is 0 Å². The van der Waals surface area contributed by atoms with Gasteiger partial charge in [-0.05, 0) is 37.3 Å². The fraction of sp³-hybridized carbons (Fsp3) is 0.412. The van der Waals surface area contributed by atoms with Gasteiger partial charge in [0.15, 0.2) is 0 Å². The molecule has 0 aliphatic heterocycles. The Kier molecular flexibility index (Phi) is 4.24.